The van der Waals surface area contributed by atoms with E-state index in [2.05, 4.69) is 41.2 Å². The van der Waals surface area contributed by atoms with Gasteiger partial charge in [-0.1, -0.05) is 0 Å². The monoisotopic (exact) mass is 194 g/mol. The number of nitrogens with zero attached hydrogens (tertiary/aromatic N) is 3. The van der Waals surface area contributed by atoms with Crippen LogP contribution in [0.25, 0.3) is 0 Å². The van der Waals surface area contributed by atoms with Crippen molar-refractivity contribution in [2.24, 2.45) is 0 Å². The fourth-order valence-electron chi connectivity index (χ4n) is 1.01. The van der Waals surface area contributed by atoms with E-state index in [9.17, 15) is 0 Å². The van der Waals surface area contributed by atoms with Gasteiger partial charge in [-0.15, -0.1) is 0 Å². The van der Waals surface area contributed by atoms with Crippen LogP contribution in [0.2, 0.25) is 0 Å². The molecule has 14 heavy (non-hydrogen) atoms. The lowest BCUT2D eigenvalue weighted by Crippen LogP contribution is -2.35. The van der Waals surface area contributed by atoms with Crippen LogP contribution < -0.4 is 5.32 Å². The molecule has 0 radical (unpaired) electrons. The maximum Gasteiger partial charge on any atom is 0.115 e. The van der Waals surface area contributed by atoms with E-state index in [0.717, 1.165) is 18.8 Å². The van der Waals surface area contributed by atoms with Crippen molar-refractivity contribution in [2.45, 2.75) is 19.5 Å². The van der Waals surface area contributed by atoms with Crippen LogP contribution in [-0.4, -0.2) is 41.5 Å². The topological polar surface area (TPSA) is 41.1 Å². The van der Waals surface area contributed by atoms with E-state index in [4.69, 9.17) is 0 Å². The van der Waals surface area contributed by atoms with Gasteiger partial charge in [0.15, 0.2) is 0 Å². The average Bonchev–Trinajstić information content (AvgIpc) is 2.19. The molecule has 0 saturated carbocycles. The van der Waals surface area contributed by atoms with E-state index < -0.39 is 0 Å². The molecule has 0 bridgehead atoms. The first-order valence-corrected chi connectivity index (χ1v) is 4.82. The van der Waals surface area contributed by atoms with Gasteiger partial charge in [0.2, 0.25) is 0 Å². The molecule has 78 valence electrons. The fourth-order valence-corrected chi connectivity index (χ4v) is 1.01. The zero-order valence-electron chi connectivity index (χ0n) is 9.07. The van der Waals surface area contributed by atoms with Gasteiger partial charge in [-0.2, -0.15) is 0 Å². The zero-order chi connectivity index (χ0) is 10.4. The number of hydrogen-bond acceptors (Lipinski definition) is 4. The van der Waals surface area contributed by atoms with Gasteiger partial charge in [0.1, 0.15) is 6.33 Å². The highest BCUT2D eigenvalue weighted by atomic mass is 15.1. The second-order valence-electron chi connectivity index (χ2n) is 3.64. The molecule has 1 atom stereocenters. The summed E-state index contributed by atoms with van der Waals surface area (Å²) in [6.45, 7) is 3.96. The van der Waals surface area contributed by atoms with Crippen LogP contribution in [0.1, 0.15) is 12.6 Å². The summed E-state index contributed by atoms with van der Waals surface area (Å²) in [5, 5.41) is 3.35. The average molecular weight is 194 g/mol. The van der Waals surface area contributed by atoms with Crippen molar-refractivity contribution < 1.29 is 0 Å². The zero-order valence-corrected chi connectivity index (χ0v) is 9.07. The maximum absolute atomic E-state index is 4.13. The highest BCUT2D eigenvalue weighted by Crippen LogP contribution is 1.92. The smallest absolute Gasteiger partial charge is 0.115 e. The molecule has 0 amide bonds. The lowest BCUT2D eigenvalue weighted by molar-refractivity contribution is 0.302. The highest BCUT2D eigenvalue weighted by molar-refractivity contribution is 4.96. The molecule has 0 aliphatic heterocycles. The number of rotatable bonds is 5. The van der Waals surface area contributed by atoms with Crippen molar-refractivity contribution in [1.82, 2.24) is 20.2 Å². The first-order chi connectivity index (χ1) is 6.70. The predicted octanol–water partition coefficient (Wildman–Crippen LogP) is 0.516. The van der Waals surface area contributed by atoms with Crippen LogP contribution in [0.4, 0.5) is 0 Å². The molecule has 1 N–H and O–H groups in total. The Morgan fingerprint density at radius 3 is 2.86 bits per heavy atom. The summed E-state index contributed by atoms with van der Waals surface area (Å²) in [5.74, 6) is 0. The Bertz CT molecular complexity index is 248. The largest absolute Gasteiger partial charge is 0.310 e. The molecule has 0 saturated heterocycles. The molecule has 1 aromatic heterocycles. The van der Waals surface area contributed by atoms with Gasteiger partial charge in [-0.25, -0.2) is 9.97 Å². The van der Waals surface area contributed by atoms with Gasteiger partial charge in [-0.3, -0.25) is 0 Å². The Hall–Kier alpha value is -1.00. The highest BCUT2D eigenvalue weighted by Gasteiger charge is 2.02. The summed E-state index contributed by atoms with van der Waals surface area (Å²) >= 11 is 0. The summed E-state index contributed by atoms with van der Waals surface area (Å²) in [6.07, 6.45) is 3.34. The molecule has 1 unspecified atom stereocenters. The fraction of sp³-hybridized carbons (Fsp3) is 0.600. The summed E-state index contributed by atoms with van der Waals surface area (Å²) in [4.78, 5) is 10.2. The number of likely N-dealkylation sites (N-methyl/N-ethyl adjacent to an activating group) is 1. The third kappa shape index (κ3) is 3.81. The van der Waals surface area contributed by atoms with Crippen LogP contribution in [0.15, 0.2) is 18.6 Å². The lowest BCUT2D eigenvalue weighted by Gasteiger charge is -2.19. The third-order valence-corrected chi connectivity index (χ3v) is 2.27. The van der Waals surface area contributed by atoms with E-state index in [1.165, 1.54) is 0 Å². The minimum Gasteiger partial charge on any atom is -0.310 e. The molecule has 0 fully saturated rings. The number of aromatic nitrogens is 2. The van der Waals surface area contributed by atoms with Crippen molar-refractivity contribution in [3.8, 4) is 0 Å². The first kappa shape index (κ1) is 11.1. The summed E-state index contributed by atoms with van der Waals surface area (Å²) < 4.78 is 0. The molecule has 1 aromatic rings. The Morgan fingerprint density at radius 2 is 2.29 bits per heavy atom. The molecule has 1 heterocycles. The molecule has 4 nitrogen and oxygen atoms in total. The third-order valence-electron chi connectivity index (χ3n) is 2.27. The van der Waals surface area contributed by atoms with Gasteiger partial charge < -0.3 is 10.2 Å². The molecule has 0 spiro atoms. The standard InChI is InChI=1S/C10H18N4/c1-9(14(2)3)6-12-7-10-4-5-11-8-13-10/h4-5,8-9,12H,6-7H2,1-3H3. The Labute approximate surface area is 85.4 Å². The maximum atomic E-state index is 4.13. The molecule has 0 aromatic carbocycles. The molecule has 0 aliphatic rings. The molecule has 0 aliphatic carbocycles. The van der Waals surface area contributed by atoms with Gasteiger partial charge in [-0.05, 0) is 27.1 Å². The van der Waals surface area contributed by atoms with Crippen LogP contribution in [0.5, 0.6) is 0 Å². The minimum absolute atomic E-state index is 0.539. The molecular formula is C10H18N4. The van der Waals surface area contributed by atoms with Crippen molar-refractivity contribution in [3.63, 3.8) is 0 Å². The second-order valence-corrected chi connectivity index (χ2v) is 3.64. The number of nitrogens with one attached hydrogen (secondary N) is 1. The van der Waals surface area contributed by atoms with Gasteiger partial charge >= 0.3 is 0 Å². The van der Waals surface area contributed by atoms with Crippen molar-refractivity contribution >= 4 is 0 Å². The second kappa shape index (κ2) is 5.67. The van der Waals surface area contributed by atoms with E-state index in [1.807, 2.05) is 6.07 Å². The first-order valence-electron chi connectivity index (χ1n) is 4.82. The van der Waals surface area contributed by atoms with E-state index >= 15 is 0 Å². The van der Waals surface area contributed by atoms with E-state index in [1.54, 1.807) is 12.5 Å². The van der Waals surface area contributed by atoms with Gasteiger partial charge in [0.05, 0.1) is 5.69 Å². The van der Waals surface area contributed by atoms with E-state index in [0.29, 0.717) is 6.04 Å². The Morgan fingerprint density at radius 1 is 1.50 bits per heavy atom. The van der Waals surface area contributed by atoms with E-state index in [-0.39, 0.29) is 0 Å². The molecule has 4 heteroatoms. The van der Waals surface area contributed by atoms with Crippen LogP contribution in [0, 0.1) is 0 Å². The van der Waals surface area contributed by atoms with Crippen molar-refractivity contribution in [3.05, 3.63) is 24.3 Å². The van der Waals surface area contributed by atoms with Crippen LogP contribution in [0.3, 0.4) is 0 Å². The summed E-state index contributed by atoms with van der Waals surface area (Å²) in [7, 11) is 4.16. The van der Waals surface area contributed by atoms with Crippen molar-refractivity contribution in [1.29, 1.82) is 0 Å². The molecule has 1 rings (SSSR count). The van der Waals surface area contributed by atoms with Crippen LogP contribution in [-0.2, 0) is 6.54 Å². The minimum atomic E-state index is 0.539. The molecular weight excluding hydrogens is 176 g/mol. The summed E-state index contributed by atoms with van der Waals surface area (Å²) in [5.41, 5.74) is 1.03. The van der Waals surface area contributed by atoms with Crippen LogP contribution >= 0.6 is 0 Å². The summed E-state index contributed by atoms with van der Waals surface area (Å²) in [6, 6.07) is 2.46. The Balaban J connectivity index is 2.22. The van der Waals surface area contributed by atoms with Gasteiger partial charge in [0.25, 0.3) is 0 Å². The van der Waals surface area contributed by atoms with Gasteiger partial charge in [0, 0.05) is 25.3 Å². The SMILES string of the molecule is CC(CNCc1ccncn1)N(C)C. The Kier molecular flexibility index (Phi) is 4.49. The predicted molar refractivity (Wildman–Crippen MR) is 56.9 cm³/mol. The quantitative estimate of drug-likeness (QED) is 0.742. The normalized spacial score (nSPS) is 13.1. The lowest BCUT2D eigenvalue weighted by atomic mass is 10.3. The van der Waals surface area contributed by atoms with Crippen molar-refractivity contribution in [2.75, 3.05) is 20.6 Å². The number of hydrogen-bond donors (Lipinski definition) is 1.